The van der Waals surface area contributed by atoms with Gasteiger partial charge in [-0.1, -0.05) is 22.9 Å². The molecule has 3 rings (SSSR count). The number of halogens is 1. The molecule has 1 atom stereocenters. The van der Waals surface area contributed by atoms with Crippen molar-refractivity contribution in [1.82, 2.24) is 9.66 Å². The number of methoxy groups -OCH3 is 1. The first-order chi connectivity index (χ1) is 15.2. The van der Waals surface area contributed by atoms with Crippen LogP contribution in [0.5, 0.6) is 5.75 Å². The molecule has 11 heteroatoms. The molecule has 2 aromatic carbocycles. The molecular formula is C21H19BrN4O6. The van der Waals surface area contributed by atoms with E-state index >= 15 is 0 Å². The lowest BCUT2D eigenvalue weighted by atomic mass is 10.2. The number of non-ortho nitro benzene ring substituents is 1. The van der Waals surface area contributed by atoms with Gasteiger partial charge in [0.25, 0.3) is 11.2 Å². The Morgan fingerprint density at radius 1 is 1.34 bits per heavy atom. The summed E-state index contributed by atoms with van der Waals surface area (Å²) in [6.07, 6.45) is 0.733. The number of ether oxygens (including phenoxy) is 2. The number of nitrogens with zero attached hydrogens (tertiary/aromatic N) is 4. The Labute approximate surface area is 190 Å². The average Bonchev–Trinajstić information content (AvgIpc) is 2.78. The minimum absolute atomic E-state index is 0.167. The summed E-state index contributed by atoms with van der Waals surface area (Å²) in [5, 5.41) is 15.8. The van der Waals surface area contributed by atoms with Gasteiger partial charge < -0.3 is 9.47 Å². The van der Waals surface area contributed by atoms with Crippen LogP contribution < -0.4 is 10.3 Å². The van der Waals surface area contributed by atoms with Gasteiger partial charge >= 0.3 is 5.97 Å². The van der Waals surface area contributed by atoms with Crippen LogP contribution in [0.1, 0.15) is 25.2 Å². The van der Waals surface area contributed by atoms with Crippen molar-refractivity contribution in [3.05, 3.63) is 72.7 Å². The van der Waals surface area contributed by atoms with Crippen molar-refractivity contribution >= 4 is 44.7 Å². The summed E-state index contributed by atoms with van der Waals surface area (Å²) in [6, 6.07) is 9.01. The maximum atomic E-state index is 13.0. The molecule has 0 unspecified atom stereocenters. The van der Waals surface area contributed by atoms with E-state index in [1.54, 1.807) is 18.2 Å². The Balaban J connectivity index is 2.11. The Morgan fingerprint density at radius 3 is 2.75 bits per heavy atom. The molecule has 32 heavy (non-hydrogen) atoms. The molecule has 0 radical (unpaired) electrons. The van der Waals surface area contributed by atoms with E-state index in [2.05, 4.69) is 30.8 Å². The standard InChI is InChI=1S/C21H19BrN4O6/c1-4-19-24-17-7-5-14(22)10-16(17)20(27)25(19)23-11-13-9-15(26(29)30)6-8-18(13)32-12(2)21(28)31-3/h5-12H,4H2,1-3H3/t12-/m1/s1. The Morgan fingerprint density at radius 2 is 2.09 bits per heavy atom. The van der Waals surface area contributed by atoms with Crippen molar-refractivity contribution in [1.29, 1.82) is 0 Å². The number of fused-ring (bicyclic) bond motifs is 1. The first kappa shape index (κ1) is 23.1. The van der Waals surface area contributed by atoms with Gasteiger partial charge in [-0.2, -0.15) is 9.78 Å². The monoisotopic (exact) mass is 502 g/mol. The molecule has 0 saturated heterocycles. The summed E-state index contributed by atoms with van der Waals surface area (Å²) >= 11 is 3.34. The fraction of sp³-hybridized carbons (Fsp3) is 0.238. The zero-order valence-electron chi connectivity index (χ0n) is 17.4. The van der Waals surface area contributed by atoms with Crippen molar-refractivity contribution in [3.63, 3.8) is 0 Å². The van der Waals surface area contributed by atoms with Crippen molar-refractivity contribution in [2.24, 2.45) is 5.10 Å². The van der Waals surface area contributed by atoms with E-state index in [0.717, 1.165) is 9.15 Å². The fourth-order valence-corrected chi connectivity index (χ4v) is 3.29. The predicted octanol–water partition coefficient (Wildman–Crippen LogP) is 3.45. The molecule has 3 aromatic rings. The summed E-state index contributed by atoms with van der Waals surface area (Å²) in [4.78, 5) is 39.9. The highest BCUT2D eigenvalue weighted by Gasteiger charge is 2.18. The quantitative estimate of drug-likeness (QED) is 0.209. The van der Waals surface area contributed by atoms with Crippen LogP contribution in [0.2, 0.25) is 0 Å². The van der Waals surface area contributed by atoms with Crippen LogP contribution in [-0.4, -0.2) is 40.0 Å². The molecular weight excluding hydrogens is 484 g/mol. The van der Waals surface area contributed by atoms with Gasteiger partial charge in [0.15, 0.2) is 6.10 Å². The maximum absolute atomic E-state index is 13.0. The van der Waals surface area contributed by atoms with E-state index in [4.69, 9.17) is 4.74 Å². The van der Waals surface area contributed by atoms with Crippen molar-refractivity contribution < 1.29 is 19.2 Å². The third kappa shape index (κ3) is 4.83. The second kappa shape index (κ2) is 9.69. The summed E-state index contributed by atoms with van der Waals surface area (Å²) < 4.78 is 12.1. The maximum Gasteiger partial charge on any atom is 0.346 e. The Hall–Kier alpha value is -3.60. The average molecular weight is 503 g/mol. The van der Waals surface area contributed by atoms with Gasteiger partial charge in [0.2, 0.25) is 0 Å². The first-order valence-corrected chi connectivity index (χ1v) is 10.3. The number of aryl methyl sites for hydroxylation is 1. The number of hydrogen-bond donors (Lipinski definition) is 0. The zero-order chi connectivity index (χ0) is 23.4. The lowest BCUT2D eigenvalue weighted by Crippen LogP contribution is -2.25. The molecule has 0 aliphatic rings. The number of rotatable bonds is 7. The predicted molar refractivity (Wildman–Crippen MR) is 121 cm³/mol. The Kier molecular flexibility index (Phi) is 6.98. The van der Waals surface area contributed by atoms with Crippen molar-refractivity contribution in [2.75, 3.05) is 7.11 Å². The normalized spacial score (nSPS) is 12.1. The van der Waals surface area contributed by atoms with Crippen LogP contribution in [-0.2, 0) is 16.0 Å². The third-order valence-electron chi connectivity index (χ3n) is 4.54. The van der Waals surface area contributed by atoms with E-state index in [9.17, 15) is 19.7 Å². The number of carbonyl (C=O) groups excluding carboxylic acids is 1. The van der Waals surface area contributed by atoms with Gasteiger partial charge in [-0.15, -0.1) is 0 Å². The highest BCUT2D eigenvalue weighted by molar-refractivity contribution is 9.10. The number of esters is 1. The molecule has 0 aliphatic carbocycles. The van der Waals surface area contributed by atoms with E-state index in [1.165, 1.54) is 38.4 Å². The molecule has 10 nitrogen and oxygen atoms in total. The van der Waals surface area contributed by atoms with Crippen molar-refractivity contribution in [3.8, 4) is 5.75 Å². The van der Waals surface area contributed by atoms with Gasteiger partial charge in [0.05, 0.1) is 29.2 Å². The third-order valence-corrected chi connectivity index (χ3v) is 5.04. The first-order valence-electron chi connectivity index (χ1n) is 9.53. The molecule has 166 valence electrons. The lowest BCUT2D eigenvalue weighted by molar-refractivity contribution is -0.384. The molecule has 0 saturated carbocycles. The zero-order valence-corrected chi connectivity index (χ0v) is 19.0. The van der Waals surface area contributed by atoms with Crippen LogP contribution >= 0.6 is 15.9 Å². The second-order valence-corrected chi connectivity index (χ2v) is 7.58. The molecule has 0 fully saturated rings. The number of carbonyl (C=O) groups is 1. The summed E-state index contributed by atoms with van der Waals surface area (Å²) in [7, 11) is 1.23. The summed E-state index contributed by atoms with van der Waals surface area (Å²) in [5.74, 6) is -0.0308. The van der Waals surface area contributed by atoms with Crippen LogP contribution in [0.15, 0.2) is 50.8 Å². The molecule has 1 heterocycles. The lowest BCUT2D eigenvalue weighted by Gasteiger charge is -2.14. The van der Waals surface area contributed by atoms with Crippen molar-refractivity contribution in [2.45, 2.75) is 26.4 Å². The number of nitro benzene ring substituents is 1. The molecule has 0 bridgehead atoms. The minimum Gasteiger partial charge on any atom is -0.478 e. The largest absolute Gasteiger partial charge is 0.478 e. The number of benzene rings is 2. The minimum atomic E-state index is -0.956. The highest BCUT2D eigenvalue weighted by atomic mass is 79.9. The highest BCUT2D eigenvalue weighted by Crippen LogP contribution is 2.24. The van der Waals surface area contributed by atoms with E-state index < -0.39 is 17.0 Å². The fourth-order valence-electron chi connectivity index (χ4n) is 2.92. The van der Waals surface area contributed by atoms with Crippen LogP contribution in [0.3, 0.4) is 0 Å². The van der Waals surface area contributed by atoms with Crippen LogP contribution in [0, 0.1) is 10.1 Å². The van der Waals surface area contributed by atoms with E-state index in [1.807, 2.05) is 6.92 Å². The second-order valence-electron chi connectivity index (χ2n) is 6.67. The Bertz CT molecular complexity index is 1290. The smallest absolute Gasteiger partial charge is 0.346 e. The molecule has 0 spiro atoms. The van der Waals surface area contributed by atoms with Gasteiger partial charge in [-0.25, -0.2) is 9.78 Å². The van der Waals surface area contributed by atoms with Gasteiger partial charge in [0, 0.05) is 28.6 Å². The van der Waals surface area contributed by atoms with Crippen LogP contribution in [0.25, 0.3) is 10.9 Å². The van der Waals surface area contributed by atoms with Crippen LogP contribution in [0.4, 0.5) is 5.69 Å². The topological polar surface area (TPSA) is 126 Å². The number of nitro groups is 1. The summed E-state index contributed by atoms with van der Waals surface area (Å²) in [6.45, 7) is 3.32. The van der Waals surface area contributed by atoms with Gasteiger partial charge in [0.1, 0.15) is 11.6 Å². The van der Waals surface area contributed by atoms with E-state index in [-0.39, 0.29) is 22.6 Å². The molecule has 1 aromatic heterocycles. The number of aromatic nitrogens is 2. The van der Waals surface area contributed by atoms with E-state index in [0.29, 0.717) is 23.1 Å². The number of hydrogen-bond acceptors (Lipinski definition) is 8. The molecule has 0 aliphatic heterocycles. The molecule has 0 amide bonds. The molecule has 0 N–H and O–H groups in total. The SMILES string of the molecule is CCc1nc2ccc(Br)cc2c(=O)n1N=Cc1cc([N+](=O)[O-])ccc1O[C@H](C)C(=O)OC. The summed E-state index contributed by atoms with van der Waals surface area (Å²) in [5.41, 5.74) is 0.152. The van der Waals surface area contributed by atoms with Gasteiger partial charge in [-0.05, 0) is 31.2 Å². The van der Waals surface area contributed by atoms with Gasteiger partial charge in [-0.3, -0.25) is 14.9 Å².